The highest BCUT2D eigenvalue weighted by atomic mass is 32.2. The molecule has 1 aromatic rings. The molecule has 0 bridgehead atoms. The van der Waals surface area contributed by atoms with E-state index in [0.29, 0.717) is 5.56 Å². The van der Waals surface area contributed by atoms with Gasteiger partial charge in [-0.2, -0.15) is 0 Å². The highest BCUT2D eigenvalue weighted by Gasteiger charge is 2.41. The summed E-state index contributed by atoms with van der Waals surface area (Å²) >= 11 is 0. The third kappa shape index (κ3) is 2.52. The summed E-state index contributed by atoms with van der Waals surface area (Å²) in [5.41, 5.74) is 3.15. The molecule has 19 heavy (non-hydrogen) atoms. The van der Waals surface area contributed by atoms with Gasteiger partial charge in [-0.1, -0.05) is 18.2 Å². The maximum Gasteiger partial charge on any atom is 0.324 e. The zero-order valence-electron chi connectivity index (χ0n) is 11.1. The Morgan fingerprint density at radius 2 is 1.89 bits per heavy atom. The summed E-state index contributed by atoms with van der Waals surface area (Å²) in [5, 5.41) is 9.03. The fraction of sp³-hybridized carbons (Fsp3) is 0.500. The van der Waals surface area contributed by atoms with Gasteiger partial charge in [0.05, 0.1) is 5.75 Å². The molecule has 104 valence electrons. The van der Waals surface area contributed by atoms with Gasteiger partial charge in [0.15, 0.2) is 14.6 Å². The number of sulfone groups is 1. The van der Waals surface area contributed by atoms with E-state index in [9.17, 15) is 13.2 Å². The van der Waals surface area contributed by atoms with Gasteiger partial charge in [-0.25, -0.2) is 8.42 Å². The molecule has 0 unspecified atom stereocenters. The van der Waals surface area contributed by atoms with Gasteiger partial charge in [0.1, 0.15) is 0 Å². The van der Waals surface area contributed by atoms with E-state index >= 15 is 0 Å². The molecule has 0 atom stereocenters. The first-order chi connectivity index (χ1) is 8.74. The van der Waals surface area contributed by atoms with Crippen molar-refractivity contribution in [2.45, 2.75) is 43.6 Å². The molecule has 2 rings (SSSR count). The Bertz CT molecular complexity index is 614. The van der Waals surface area contributed by atoms with E-state index in [1.54, 1.807) is 6.07 Å². The number of carboxylic acids is 1. The quantitative estimate of drug-likeness (QED) is 0.916. The summed E-state index contributed by atoms with van der Waals surface area (Å²) in [7, 11) is -3.73. The van der Waals surface area contributed by atoms with E-state index in [1.807, 2.05) is 12.1 Å². The van der Waals surface area contributed by atoms with Crippen molar-refractivity contribution in [1.29, 1.82) is 0 Å². The smallest absolute Gasteiger partial charge is 0.324 e. The van der Waals surface area contributed by atoms with Crippen molar-refractivity contribution < 1.29 is 18.3 Å². The molecule has 1 aromatic carbocycles. The average Bonchev–Trinajstić information content (AvgIpc) is 2.75. The van der Waals surface area contributed by atoms with Gasteiger partial charge >= 0.3 is 5.97 Å². The maximum absolute atomic E-state index is 12.2. The summed E-state index contributed by atoms with van der Waals surface area (Å²) in [6, 6.07) is 5.65. The lowest BCUT2D eigenvalue weighted by molar-refractivity contribution is -0.139. The SMILES string of the molecule is CC(C)(C(=O)O)S(=O)(=O)Cc1ccc2c(c1)CCC2. The highest BCUT2D eigenvalue weighted by molar-refractivity contribution is 7.92. The summed E-state index contributed by atoms with van der Waals surface area (Å²) in [4.78, 5) is 11.1. The van der Waals surface area contributed by atoms with E-state index in [0.717, 1.165) is 19.3 Å². The molecular weight excluding hydrogens is 264 g/mol. The molecule has 0 aromatic heterocycles. The topological polar surface area (TPSA) is 71.4 Å². The first kappa shape index (κ1) is 14.1. The monoisotopic (exact) mass is 282 g/mol. The number of aryl methyl sites for hydroxylation is 2. The van der Waals surface area contributed by atoms with Crippen LogP contribution in [-0.4, -0.2) is 24.2 Å². The lowest BCUT2D eigenvalue weighted by Gasteiger charge is -2.19. The Hall–Kier alpha value is -1.36. The predicted octanol–water partition coefficient (Wildman–Crippen LogP) is 1.95. The van der Waals surface area contributed by atoms with Crippen molar-refractivity contribution in [3.8, 4) is 0 Å². The average molecular weight is 282 g/mol. The van der Waals surface area contributed by atoms with Crippen LogP contribution in [-0.2, 0) is 33.2 Å². The fourth-order valence-corrected chi connectivity index (χ4v) is 3.49. The Morgan fingerprint density at radius 1 is 1.26 bits per heavy atom. The second-order valence-electron chi connectivity index (χ2n) is 5.53. The van der Waals surface area contributed by atoms with Crippen LogP contribution in [0.15, 0.2) is 18.2 Å². The van der Waals surface area contributed by atoms with Crippen molar-refractivity contribution in [3.63, 3.8) is 0 Å². The Balaban J connectivity index is 2.29. The van der Waals surface area contributed by atoms with Crippen LogP contribution in [0.1, 0.15) is 37.0 Å². The van der Waals surface area contributed by atoms with E-state index < -0.39 is 20.6 Å². The van der Waals surface area contributed by atoms with Gasteiger partial charge in [0.2, 0.25) is 0 Å². The minimum atomic E-state index is -3.73. The molecule has 0 heterocycles. The largest absolute Gasteiger partial charge is 0.480 e. The number of aliphatic carboxylic acids is 1. The van der Waals surface area contributed by atoms with E-state index in [-0.39, 0.29) is 5.75 Å². The highest BCUT2D eigenvalue weighted by Crippen LogP contribution is 2.26. The first-order valence-corrected chi connectivity index (χ1v) is 7.95. The Morgan fingerprint density at radius 3 is 2.53 bits per heavy atom. The first-order valence-electron chi connectivity index (χ1n) is 6.30. The zero-order chi connectivity index (χ0) is 14.3. The molecule has 5 heteroatoms. The van der Waals surface area contributed by atoms with Crippen molar-refractivity contribution in [3.05, 3.63) is 34.9 Å². The second-order valence-corrected chi connectivity index (χ2v) is 8.07. The summed E-state index contributed by atoms with van der Waals surface area (Å²) < 4.78 is 22.6. The molecule has 1 aliphatic carbocycles. The van der Waals surface area contributed by atoms with E-state index in [1.165, 1.54) is 25.0 Å². The van der Waals surface area contributed by atoms with Crippen LogP contribution in [0.5, 0.6) is 0 Å². The molecule has 0 amide bonds. The summed E-state index contributed by atoms with van der Waals surface area (Å²) in [6.45, 7) is 2.47. The number of hydrogen-bond acceptors (Lipinski definition) is 3. The Kier molecular flexibility index (Phi) is 3.43. The minimum Gasteiger partial charge on any atom is -0.480 e. The van der Waals surface area contributed by atoms with Crippen molar-refractivity contribution >= 4 is 15.8 Å². The third-order valence-corrected chi connectivity index (χ3v) is 6.26. The van der Waals surface area contributed by atoms with Crippen LogP contribution in [0, 0.1) is 0 Å². The molecule has 0 saturated carbocycles. The molecular formula is C14H18O4S. The molecule has 0 fully saturated rings. The molecule has 4 nitrogen and oxygen atoms in total. The lowest BCUT2D eigenvalue weighted by Crippen LogP contribution is -2.41. The van der Waals surface area contributed by atoms with Crippen molar-refractivity contribution in [2.75, 3.05) is 0 Å². The van der Waals surface area contributed by atoms with Crippen LogP contribution < -0.4 is 0 Å². The molecule has 0 saturated heterocycles. The number of benzene rings is 1. The van der Waals surface area contributed by atoms with Crippen LogP contribution in [0.4, 0.5) is 0 Å². The molecule has 0 aliphatic heterocycles. The second kappa shape index (κ2) is 4.63. The number of fused-ring (bicyclic) bond motifs is 1. The molecule has 1 aliphatic rings. The number of carbonyl (C=O) groups is 1. The molecule has 1 N–H and O–H groups in total. The van der Waals surface area contributed by atoms with Gasteiger partial charge in [-0.15, -0.1) is 0 Å². The normalized spacial score (nSPS) is 15.3. The fourth-order valence-electron chi connectivity index (χ4n) is 2.25. The van der Waals surface area contributed by atoms with E-state index in [4.69, 9.17) is 5.11 Å². The summed E-state index contributed by atoms with van der Waals surface area (Å²) in [5.74, 6) is -1.53. The molecule has 0 radical (unpaired) electrons. The van der Waals surface area contributed by atoms with Crippen LogP contribution in [0.2, 0.25) is 0 Å². The van der Waals surface area contributed by atoms with Gasteiger partial charge in [0, 0.05) is 0 Å². The van der Waals surface area contributed by atoms with Gasteiger partial charge in [0.25, 0.3) is 0 Å². The number of hydrogen-bond donors (Lipinski definition) is 1. The van der Waals surface area contributed by atoms with E-state index in [2.05, 4.69) is 0 Å². The lowest BCUT2D eigenvalue weighted by atomic mass is 10.1. The Labute approximate surface area is 113 Å². The third-order valence-electron chi connectivity index (χ3n) is 3.81. The number of carboxylic acid groups (broad SMARTS) is 1. The maximum atomic E-state index is 12.2. The standard InChI is InChI=1S/C14H18O4S/c1-14(2,13(15)16)19(17,18)9-10-6-7-11-4-3-5-12(11)8-10/h6-8H,3-5,9H2,1-2H3,(H,15,16). The molecule has 0 spiro atoms. The van der Waals surface area contributed by atoms with Gasteiger partial charge in [-0.05, 0) is 49.8 Å². The van der Waals surface area contributed by atoms with Crippen LogP contribution in [0.3, 0.4) is 0 Å². The van der Waals surface area contributed by atoms with Crippen molar-refractivity contribution in [2.24, 2.45) is 0 Å². The van der Waals surface area contributed by atoms with Crippen molar-refractivity contribution in [1.82, 2.24) is 0 Å². The van der Waals surface area contributed by atoms with Gasteiger partial charge in [-0.3, -0.25) is 4.79 Å². The summed E-state index contributed by atoms with van der Waals surface area (Å²) in [6.07, 6.45) is 3.13. The van der Waals surface area contributed by atoms with Crippen LogP contribution >= 0.6 is 0 Å². The van der Waals surface area contributed by atoms with Gasteiger partial charge < -0.3 is 5.11 Å². The number of rotatable bonds is 4. The minimum absolute atomic E-state index is 0.223. The zero-order valence-corrected chi connectivity index (χ0v) is 12.0. The predicted molar refractivity (Wildman–Crippen MR) is 72.8 cm³/mol. The van der Waals surface area contributed by atoms with Crippen LogP contribution in [0.25, 0.3) is 0 Å².